The summed E-state index contributed by atoms with van der Waals surface area (Å²) in [4.78, 5) is 25.5. The highest BCUT2D eigenvalue weighted by atomic mass is 16.5. The van der Waals surface area contributed by atoms with Crippen molar-refractivity contribution in [3.05, 3.63) is 0 Å². The predicted molar refractivity (Wildman–Crippen MR) is 67.0 cm³/mol. The third-order valence-corrected chi connectivity index (χ3v) is 3.89. The first kappa shape index (κ1) is 13.3. The third kappa shape index (κ3) is 3.22. The molecule has 102 valence electrons. The van der Waals surface area contributed by atoms with Crippen LogP contribution in [0.4, 0.5) is 0 Å². The summed E-state index contributed by atoms with van der Waals surface area (Å²) in [6.07, 6.45) is 4.58. The van der Waals surface area contributed by atoms with E-state index in [4.69, 9.17) is 4.74 Å². The molecule has 0 radical (unpaired) electrons. The zero-order chi connectivity index (χ0) is 13.0. The van der Waals surface area contributed by atoms with Gasteiger partial charge in [0.05, 0.1) is 12.5 Å². The first-order chi connectivity index (χ1) is 8.70. The highest BCUT2D eigenvalue weighted by Crippen LogP contribution is 2.21. The van der Waals surface area contributed by atoms with Gasteiger partial charge >= 0.3 is 0 Å². The number of nitrogens with one attached hydrogen (secondary N) is 1. The highest BCUT2D eigenvalue weighted by Gasteiger charge is 2.31. The number of likely N-dealkylation sites (tertiary alicyclic amines) is 1. The zero-order valence-corrected chi connectivity index (χ0v) is 11.0. The van der Waals surface area contributed by atoms with Gasteiger partial charge in [0.2, 0.25) is 11.8 Å². The molecule has 0 aromatic rings. The standard InChI is InChI=1S/C13H22N2O3/c1-18-8-7-15-9-10(5-6-12(15)16)13(17)14-11-3-2-4-11/h10-11H,2-9H2,1H3,(H,14,17). The summed E-state index contributed by atoms with van der Waals surface area (Å²) in [5.41, 5.74) is 0. The SMILES string of the molecule is COCCN1CC(C(=O)NC2CCC2)CCC1=O. The van der Waals surface area contributed by atoms with Crippen molar-refractivity contribution < 1.29 is 14.3 Å². The van der Waals surface area contributed by atoms with Crippen molar-refractivity contribution in [2.75, 3.05) is 26.8 Å². The first-order valence-corrected chi connectivity index (χ1v) is 6.78. The van der Waals surface area contributed by atoms with Crippen LogP contribution in [-0.2, 0) is 14.3 Å². The number of methoxy groups -OCH3 is 1. The molecule has 1 saturated carbocycles. The minimum atomic E-state index is -0.0415. The summed E-state index contributed by atoms with van der Waals surface area (Å²) in [7, 11) is 1.62. The minimum absolute atomic E-state index is 0.0415. The monoisotopic (exact) mass is 254 g/mol. The second-order valence-electron chi connectivity index (χ2n) is 5.20. The molecule has 1 aliphatic carbocycles. The molecule has 0 bridgehead atoms. The van der Waals surface area contributed by atoms with Gasteiger partial charge in [-0.15, -0.1) is 0 Å². The summed E-state index contributed by atoms with van der Waals surface area (Å²) < 4.78 is 4.99. The van der Waals surface area contributed by atoms with Gasteiger partial charge in [0.15, 0.2) is 0 Å². The van der Waals surface area contributed by atoms with Crippen molar-refractivity contribution >= 4 is 11.8 Å². The maximum Gasteiger partial charge on any atom is 0.225 e. The second kappa shape index (κ2) is 6.18. The predicted octanol–water partition coefficient (Wildman–Crippen LogP) is 0.540. The van der Waals surface area contributed by atoms with Crippen molar-refractivity contribution in [3.8, 4) is 0 Å². The van der Waals surface area contributed by atoms with Crippen LogP contribution in [0, 0.1) is 5.92 Å². The van der Waals surface area contributed by atoms with Crippen LogP contribution in [0.3, 0.4) is 0 Å². The molecule has 1 aliphatic heterocycles. The van der Waals surface area contributed by atoms with E-state index in [-0.39, 0.29) is 17.7 Å². The average Bonchev–Trinajstić information content (AvgIpc) is 2.32. The van der Waals surface area contributed by atoms with E-state index < -0.39 is 0 Å². The van der Waals surface area contributed by atoms with E-state index in [1.165, 1.54) is 6.42 Å². The van der Waals surface area contributed by atoms with Gasteiger partial charge in [-0.25, -0.2) is 0 Å². The Labute approximate surface area is 108 Å². The highest BCUT2D eigenvalue weighted by molar-refractivity contribution is 5.84. The maximum atomic E-state index is 12.0. The molecule has 5 nitrogen and oxygen atoms in total. The van der Waals surface area contributed by atoms with E-state index >= 15 is 0 Å². The molecule has 18 heavy (non-hydrogen) atoms. The van der Waals surface area contributed by atoms with Gasteiger partial charge in [0.25, 0.3) is 0 Å². The van der Waals surface area contributed by atoms with Crippen molar-refractivity contribution in [2.45, 2.75) is 38.1 Å². The number of amides is 2. The number of carbonyl (C=O) groups excluding carboxylic acids is 2. The Balaban J connectivity index is 1.81. The number of hydrogen-bond donors (Lipinski definition) is 1. The Hall–Kier alpha value is -1.10. The molecule has 0 spiro atoms. The molecule has 2 amide bonds. The number of hydrogen-bond acceptors (Lipinski definition) is 3. The number of carbonyl (C=O) groups is 2. The summed E-state index contributed by atoms with van der Waals surface area (Å²) >= 11 is 0. The Morgan fingerprint density at radius 3 is 2.83 bits per heavy atom. The molecule has 0 aromatic heterocycles. The van der Waals surface area contributed by atoms with Crippen LogP contribution in [0.15, 0.2) is 0 Å². The van der Waals surface area contributed by atoms with Crippen LogP contribution in [0.2, 0.25) is 0 Å². The van der Waals surface area contributed by atoms with Crippen molar-refractivity contribution in [1.29, 1.82) is 0 Å². The fraction of sp³-hybridized carbons (Fsp3) is 0.846. The molecule has 1 atom stereocenters. The zero-order valence-electron chi connectivity index (χ0n) is 11.0. The van der Waals surface area contributed by atoms with Crippen LogP contribution in [0.1, 0.15) is 32.1 Å². The van der Waals surface area contributed by atoms with Gasteiger partial charge < -0.3 is 15.0 Å². The molecule has 1 saturated heterocycles. The first-order valence-electron chi connectivity index (χ1n) is 6.78. The van der Waals surface area contributed by atoms with E-state index in [9.17, 15) is 9.59 Å². The molecular formula is C13H22N2O3. The Morgan fingerprint density at radius 2 is 2.22 bits per heavy atom. The number of rotatable bonds is 5. The summed E-state index contributed by atoms with van der Waals surface area (Å²) in [5.74, 6) is 0.217. The van der Waals surface area contributed by atoms with Crippen molar-refractivity contribution in [1.82, 2.24) is 10.2 Å². The molecule has 0 aromatic carbocycles. The fourth-order valence-electron chi connectivity index (χ4n) is 2.42. The van der Waals surface area contributed by atoms with E-state index in [2.05, 4.69) is 5.32 Å². The van der Waals surface area contributed by atoms with Crippen LogP contribution < -0.4 is 5.32 Å². The molecule has 1 unspecified atom stereocenters. The number of piperidine rings is 1. The van der Waals surface area contributed by atoms with E-state index in [0.717, 1.165) is 12.8 Å². The van der Waals surface area contributed by atoms with Gasteiger partial charge in [-0.1, -0.05) is 0 Å². The lowest BCUT2D eigenvalue weighted by Gasteiger charge is -2.34. The third-order valence-electron chi connectivity index (χ3n) is 3.89. The van der Waals surface area contributed by atoms with Gasteiger partial charge in [-0.2, -0.15) is 0 Å². The van der Waals surface area contributed by atoms with Gasteiger partial charge in [0.1, 0.15) is 0 Å². The van der Waals surface area contributed by atoms with Crippen molar-refractivity contribution in [3.63, 3.8) is 0 Å². The average molecular weight is 254 g/mol. The Morgan fingerprint density at radius 1 is 1.44 bits per heavy atom. The Kier molecular flexibility index (Phi) is 4.58. The lowest BCUT2D eigenvalue weighted by atomic mass is 9.91. The smallest absolute Gasteiger partial charge is 0.225 e. The largest absolute Gasteiger partial charge is 0.383 e. The van der Waals surface area contributed by atoms with Crippen LogP contribution in [0.5, 0.6) is 0 Å². The molecule has 1 heterocycles. The van der Waals surface area contributed by atoms with E-state index in [1.807, 2.05) is 0 Å². The summed E-state index contributed by atoms with van der Waals surface area (Å²) in [6.45, 7) is 1.66. The topological polar surface area (TPSA) is 58.6 Å². The summed E-state index contributed by atoms with van der Waals surface area (Å²) in [6, 6.07) is 0.377. The van der Waals surface area contributed by atoms with Crippen LogP contribution in [0.25, 0.3) is 0 Å². The van der Waals surface area contributed by atoms with Crippen molar-refractivity contribution in [2.24, 2.45) is 5.92 Å². The van der Waals surface area contributed by atoms with Crippen LogP contribution >= 0.6 is 0 Å². The lowest BCUT2D eigenvalue weighted by Crippen LogP contribution is -2.49. The van der Waals surface area contributed by atoms with E-state index in [1.54, 1.807) is 12.0 Å². The van der Waals surface area contributed by atoms with E-state index in [0.29, 0.717) is 38.6 Å². The molecule has 2 rings (SSSR count). The maximum absolute atomic E-state index is 12.0. The minimum Gasteiger partial charge on any atom is -0.383 e. The van der Waals surface area contributed by atoms with Crippen LogP contribution in [-0.4, -0.2) is 49.6 Å². The number of nitrogens with zero attached hydrogens (tertiary/aromatic N) is 1. The Bertz CT molecular complexity index is 315. The molecule has 2 aliphatic rings. The second-order valence-corrected chi connectivity index (χ2v) is 5.20. The summed E-state index contributed by atoms with van der Waals surface area (Å²) in [5, 5.41) is 3.07. The molecule has 1 N–H and O–H groups in total. The van der Waals surface area contributed by atoms with Gasteiger partial charge in [-0.05, 0) is 25.7 Å². The van der Waals surface area contributed by atoms with Gasteiger partial charge in [0, 0.05) is 32.7 Å². The number of ether oxygens (including phenoxy) is 1. The molecule has 2 fully saturated rings. The fourth-order valence-corrected chi connectivity index (χ4v) is 2.42. The quantitative estimate of drug-likeness (QED) is 0.779. The molecule has 5 heteroatoms. The normalized spacial score (nSPS) is 24.8. The lowest BCUT2D eigenvalue weighted by molar-refractivity contribution is -0.139. The van der Waals surface area contributed by atoms with Gasteiger partial charge in [-0.3, -0.25) is 9.59 Å². The molecular weight excluding hydrogens is 232 g/mol.